The molecule has 1 unspecified atom stereocenters. The summed E-state index contributed by atoms with van der Waals surface area (Å²) in [5.41, 5.74) is 0.294. The molecule has 2 N–H and O–H groups in total. The van der Waals surface area contributed by atoms with Crippen molar-refractivity contribution in [2.75, 3.05) is 58.0 Å². The van der Waals surface area contributed by atoms with E-state index in [1.165, 1.54) is 12.3 Å². The highest BCUT2D eigenvalue weighted by Crippen LogP contribution is 2.26. The van der Waals surface area contributed by atoms with Gasteiger partial charge in [-0.15, -0.1) is 0 Å². The molecule has 0 bridgehead atoms. The van der Waals surface area contributed by atoms with Gasteiger partial charge in [0.25, 0.3) is 0 Å². The van der Waals surface area contributed by atoms with E-state index in [2.05, 4.69) is 9.88 Å². The van der Waals surface area contributed by atoms with Crippen molar-refractivity contribution < 1.29 is 24.1 Å². The first-order valence-corrected chi connectivity index (χ1v) is 10.2. The van der Waals surface area contributed by atoms with Crippen LogP contribution in [0.3, 0.4) is 0 Å². The molecular weight excluding hydrogens is 389 g/mol. The number of aliphatic hydroxyl groups is 2. The van der Waals surface area contributed by atoms with E-state index in [-0.39, 0.29) is 12.4 Å². The normalized spacial score (nSPS) is 18.9. The molecule has 0 aliphatic carbocycles. The highest BCUT2D eigenvalue weighted by Gasteiger charge is 2.37. The molecule has 8 heteroatoms. The van der Waals surface area contributed by atoms with Crippen molar-refractivity contribution in [1.29, 1.82) is 0 Å². The molecule has 7 nitrogen and oxygen atoms in total. The van der Waals surface area contributed by atoms with Crippen LogP contribution in [0.25, 0.3) is 0 Å². The lowest BCUT2D eigenvalue weighted by atomic mass is 10.0. The molecule has 2 heterocycles. The molecule has 0 saturated carbocycles. The van der Waals surface area contributed by atoms with Crippen LogP contribution in [0.1, 0.15) is 12.0 Å². The van der Waals surface area contributed by atoms with Crippen molar-refractivity contribution >= 4 is 5.82 Å². The zero-order chi connectivity index (χ0) is 21.4. The predicted molar refractivity (Wildman–Crippen MR) is 112 cm³/mol. The van der Waals surface area contributed by atoms with Crippen LogP contribution in [-0.4, -0.2) is 78.8 Å². The number of halogens is 1. The van der Waals surface area contributed by atoms with Gasteiger partial charge in [-0.2, -0.15) is 0 Å². The average Bonchev–Trinajstić information content (AvgIpc) is 3.11. The molecule has 0 spiro atoms. The summed E-state index contributed by atoms with van der Waals surface area (Å²) in [7, 11) is 1.99. The third-order valence-corrected chi connectivity index (χ3v) is 5.04. The topological polar surface area (TPSA) is 78.3 Å². The first-order chi connectivity index (χ1) is 14.5. The largest absolute Gasteiger partial charge is 0.491 e. The number of hydrogen-bond donors (Lipinski definition) is 2. The Bertz CT molecular complexity index is 775. The second-order valence-electron chi connectivity index (χ2n) is 7.73. The van der Waals surface area contributed by atoms with Gasteiger partial charge in [-0.1, -0.05) is 12.1 Å². The Balaban J connectivity index is 1.44. The number of nitrogens with zero attached hydrogens (tertiary/aromatic N) is 3. The molecular formula is C22H30FN3O4. The molecule has 1 fully saturated rings. The number of pyridine rings is 1. The summed E-state index contributed by atoms with van der Waals surface area (Å²) in [5, 5.41) is 19.7. The van der Waals surface area contributed by atoms with Gasteiger partial charge in [-0.25, -0.2) is 9.37 Å². The van der Waals surface area contributed by atoms with Crippen molar-refractivity contribution in [2.45, 2.75) is 18.6 Å². The standard InChI is InChI=1S/C22H30FN3O4/c1-25(15-18-2-5-20(6-3-18)30-13-12-29-11-10-27)16-22(28)8-9-26(17-22)21-7-4-19(23)14-24-21/h2-7,14,27-28H,8-13,15-17H2,1H3. The van der Waals surface area contributed by atoms with Crippen molar-refractivity contribution in [3.63, 3.8) is 0 Å². The van der Waals surface area contributed by atoms with Gasteiger partial charge in [0, 0.05) is 26.2 Å². The van der Waals surface area contributed by atoms with Crippen molar-refractivity contribution in [1.82, 2.24) is 9.88 Å². The zero-order valence-electron chi connectivity index (χ0n) is 17.3. The molecule has 1 aliphatic heterocycles. The predicted octanol–water partition coefficient (Wildman–Crippen LogP) is 1.68. The second kappa shape index (κ2) is 10.7. The molecule has 164 valence electrons. The van der Waals surface area contributed by atoms with E-state index in [0.717, 1.165) is 11.3 Å². The summed E-state index contributed by atoms with van der Waals surface area (Å²) < 4.78 is 23.8. The van der Waals surface area contributed by atoms with E-state index in [1.54, 1.807) is 6.07 Å². The molecule has 1 saturated heterocycles. The van der Waals surface area contributed by atoms with Crippen LogP contribution in [-0.2, 0) is 11.3 Å². The van der Waals surface area contributed by atoms with E-state index in [4.69, 9.17) is 14.6 Å². The molecule has 0 amide bonds. The van der Waals surface area contributed by atoms with E-state index in [9.17, 15) is 9.50 Å². The van der Waals surface area contributed by atoms with Gasteiger partial charge in [0.1, 0.15) is 24.0 Å². The van der Waals surface area contributed by atoms with Crippen LogP contribution in [0.4, 0.5) is 10.2 Å². The minimum absolute atomic E-state index is 0.0124. The fourth-order valence-electron chi connectivity index (χ4n) is 3.68. The number of β-amino-alcohol motifs (C(OH)–C–C–N with tert-alkyl or cyclic N) is 1. The summed E-state index contributed by atoms with van der Waals surface area (Å²) >= 11 is 0. The molecule has 30 heavy (non-hydrogen) atoms. The lowest BCUT2D eigenvalue weighted by Gasteiger charge is -2.29. The van der Waals surface area contributed by atoms with Crippen LogP contribution in [0.5, 0.6) is 5.75 Å². The van der Waals surface area contributed by atoms with Crippen molar-refractivity contribution in [3.8, 4) is 5.75 Å². The minimum atomic E-state index is -0.831. The summed E-state index contributed by atoms with van der Waals surface area (Å²) in [5.74, 6) is 1.09. The van der Waals surface area contributed by atoms with Gasteiger partial charge in [-0.05, 0) is 43.3 Å². The SMILES string of the molecule is CN(Cc1ccc(OCCOCCO)cc1)CC1(O)CCN(c2ccc(F)cn2)C1. The summed E-state index contributed by atoms with van der Waals surface area (Å²) in [6, 6.07) is 10.9. The molecule has 1 aromatic heterocycles. The minimum Gasteiger partial charge on any atom is -0.491 e. The Morgan fingerprint density at radius 1 is 1.17 bits per heavy atom. The van der Waals surface area contributed by atoms with Crippen LogP contribution >= 0.6 is 0 Å². The lowest BCUT2D eigenvalue weighted by molar-refractivity contribution is 0.0279. The van der Waals surface area contributed by atoms with Crippen LogP contribution in [0, 0.1) is 5.82 Å². The van der Waals surface area contributed by atoms with Crippen LogP contribution in [0.15, 0.2) is 42.6 Å². The summed E-state index contributed by atoms with van der Waals surface area (Å²) in [4.78, 5) is 8.20. The van der Waals surface area contributed by atoms with Crippen molar-refractivity contribution in [2.24, 2.45) is 0 Å². The van der Waals surface area contributed by atoms with Crippen molar-refractivity contribution in [3.05, 3.63) is 54.0 Å². The highest BCUT2D eigenvalue weighted by molar-refractivity contribution is 5.40. The molecule has 3 rings (SSSR count). The number of rotatable bonds is 11. The molecule has 2 aromatic rings. The first-order valence-electron chi connectivity index (χ1n) is 10.2. The highest BCUT2D eigenvalue weighted by atomic mass is 19.1. The van der Waals surface area contributed by atoms with E-state index in [1.807, 2.05) is 36.2 Å². The van der Waals surface area contributed by atoms with Gasteiger partial charge in [-0.3, -0.25) is 4.90 Å². The Morgan fingerprint density at radius 3 is 2.67 bits per heavy atom. The van der Waals surface area contributed by atoms with E-state index < -0.39 is 5.60 Å². The second-order valence-corrected chi connectivity index (χ2v) is 7.73. The molecule has 1 aliphatic rings. The zero-order valence-corrected chi connectivity index (χ0v) is 17.3. The Morgan fingerprint density at radius 2 is 1.97 bits per heavy atom. The van der Waals surface area contributed by atoms with Gasteiger partial charge in [0.15, 0.2) is 0 Å². The Labute approximate surface area is 176 Å². The summed E-state index contributed by atoms with van der Waals surface area (Å²) in [6.07, 6.45) is 1.84. The number of hydrogen-bond acceptors (Lipinski definition) is 7. The van der Waals surface area contributed by atoms with Crippen LogP contribution in [0.2, 0.25) is 0 Å². The molecule has 0 radical (unpaired) electrons. The fraction of sp³-hybridized carbons (Fsp3) is 0.500. The first kappa shape index (κ1) is 22.4. The maximum absolute atomic E-state index is 13.1. The molecule has 1 atom stereocenters. The van der Waals surface area contributed by atoms with Gasteiger partial charge in [0.05, 0.1) is 31.6 Å². The Kier molecular flexibility index (Phi) is 7.98. The number of benzene rings is 1. The van der Waals surface area contributed by atoms with Gasteiger partial charge < -0.3 is 24.6 Å². The smallest absolute Gasteiger partial charge is 0.141 e. The number of ether oxygens (including phenoxy) is 2. The monoisotopic (exact) mass is 419 g/mol. The summed E-state index contributed by atoms with van der Waals surface area (Å²) in [6.45, 7) is 3.61. The van der Waals surface area contributed by atoms with E-state index in [0.29, 0.717) is 58.2 Å². The number of likely N-dealkylation sites (N-methyl/N-ethyl adjacent to an activating group) is 1. The fourth-order valence-corrected chi connectivity index (χ4v) is 3.68. The molecule has 1 aromatic carbocycles. The lowest BCUT2D eigenvalue weighted by Crippen LogP contribution is -2.43. The average molecular weight is 419 g/mol. The van der Waals surface area contributed by atoms with E-state index >= 15 is 0 Å². The van der Waals surface area contributed by atoms with Crippen LogP contribution < -0.4 is 9.64 Å². The quantitative estimate of drug-likeness (QED) is 0.537. The maximum atomic E-state index is 13.1. The third-order valence-electron chi connectivity index (χ3n) is 5.04. The Hall–Kier alpha value is -2.26. The third kappa shape index (κ3) is 6.63. The number of anilines is 1. The van der Waals surface area contributed by atoms with Gasteiger partial charge in [0.2, 0.25) is 0 Å². The number of aromatic nitrogens is 1. The number of aliphatic hydroxyl groups excluding tert-OH is 1. The van der Waals surface area contributed by atoms with Gasteiger partial charge >= 0.3 is 0 Å². The maximum Gasteiger partial charge on any atom is 0.141 e.